The number of anilines is 1. The van der Waals surface area contributed by atoms with Crippen molar-refractivity contribution in [2.24, 2.45) is 0 Å². The van der Waals surface area contributed by atoms with E-state index < -0.39 is 0 Å². The molecule has 4 heteroatoms. The SMILES string of the molecule is Cc1ccc(NC(=S)NCC2(c3ccccc3)CCOCC2)cc1. The van der Waals surface area contributed by atoms with Crippen LogP contribution >= 0.6 is 12.2 Å². The second-order valence-electron chi connectivity index (χ2n) is 6.43. The minimum atomic E-state index is 0.0819. The zero-order valence-corrected chi connectivity index (χ0v) is 14.9. The van der Waals surface area contributed by atoms with Crippen LogP contribution in [0.2, 0.25) is 0 Å². The van der Waals surface area contributed by atoms with E-state index in [4.69, 9.17) is 17.0 Å². The molecule has 1 fully saturated rings. The smallest absolute Gasteiger partial charge is 0.170 e. The van der Waals surface area contributed by atoms with Gasteiger partial charge in [0, 0.05) is 30.9 Å². The molecule has 0 atom stereocenters. The molecule has 0 saturated carbocycles. The lowest BCUT2D eigenvalue weighted by Crippen LogP contribution is -2.45. The van der Waals surface area contributed by atoms with Gasteiger partial charge < -0.3 is 15.4 Å². The topological polar surface area (TPSA) is 33.3 Å². The van der Waals surface area contributed by atoms with Crippen LogP contribution in [-0.2, 0) is 10.2 Å². The molecular weight excluding hydrogens is 316 g/mol. The van der Waals surface area contributed by atoms with E-state index >= 15 is 0 Å². The van der Waals surface area contributed by atoms with Gasteiger partial charge in [-0.25, -0.2) is 0 Å². The predicted octanol–water partition coefficient (Wildman–Crippen LogP) is 4.03. The molecule has 2 N–H and O–H groups in total. The minimum absolute atomic E-state index is 0.0819. The normalized spacial score (nSPS) is 16.4. The van der Waals surface area contributed by atoms with Crippen molar-refractivity contribution < 1.29 is 4.74 Å². The molecule has 126 valence electrons. The zero-order valence-electron chi connectivity index (χ0n) is 14.0. The minimum Gasteiger partial charge on any atom is -0.381 e. The van der Waals surface area contributed by atoms with Crippen LogP contribution in [0.4, 0.5) is 5.69 Å². The number of hydrogen-bond acceptors (Lipinski definition) is 2. The summed E-state index contributed by atoms with van der Waals surface area (Å²) in [6.07, 6.45) is 2.02. The van der Waals surface area contributed by atoms with Gasteiger partial charge in [-0.1, -0.05) is 48.0 Å². The summed E-state index contributed by atoms with van der Waals surface area (Å²) in [6.45, 7) is 4.50. The van der Waals surface area contributed by atoms with Gasteiger partial charge in [0.05, 0.1) is 0 Å². The predicted molar refractivity (Wildman–Crippen MR) is 104 cm³/mol. The second-order valence-corrected chi connectivity index (χ2v) is 6.84. The second kappa shape index (κ2) is 7.77. The van der Waals surface area contributed by atoms with E-state index in [9.17, 15) is 0 Å². The first-order valence-electron chi connectivity index (χ1n) is 8.43. The number of ether oxygens (including phenoxy) is 1. The molecule has 3 nitrogen and oxygen atoms in total. The Labute approximate surface area is 149 Å². The van der Waals surface area contributed by atoms with Gasteiger partial charge in [-0.3, -0.25) is 0 Å². The molecule has 0 amide bonds. The van der Waals surface area contributed by atoms with E-state index in [1.807, 2.05) is 12.1 Å². The monoisotopic (exact) mass is 340 g/mol. The van der Waals surface area contributed by atoms with Crippen molar-refractivity contribution in [3.63, 3.8) is 0 Å². The van der Waals surface area contributed by atoms with Crippen LogP contribution in [0, 0.1) is 6.92 Å². The fourth-order valence-corrected chi connectivity index (χ4v) is 3.37. The summed E-state index contributed by atoms with van der Waals surface area (Å²) in [5, 5.41) is 7.35. The third-order valence-electron chi connectivity index (χ3n) is 4.73. The van der Waals surface area contributed by atoms with E-state index in [1.54, 1.807) is 0 Å². The van der Waals surface area contributed by atoms with Gasteiger partial charge in [-0.05, 0) is 49.7 Å². The average Bonchev–Trinajstić information content (AvgIpc) is 2.63. The van der Waals surface area contributed by atoms with Gasteiger partial charge in [0.25, 0.3) is 0 Å². The van der Waals surface area contributed by atoms with E-state index in [2.05, 4.69) is 60.0 Å². The Morgan fingerprint density at radius 3 is 2.38 bits per heavy atom. The van der Waals surface area contributed by atoms with Crippen molar-refractivity contribution >= 4 is 23.0 Å². The van der Waals surface area contributed by atoms with Gasteiger partial charge in [0.15, 0.2) is 5.11 Å². The summed E-state index contributed by atoms with van der Waals surface area (Å²) in [5.74, 6) is 0. The average molecular weight is 340 g/mol. The van der Waals surface area contributed by atoms with Crippen molar-refractivity contribution in [1.29, 1.82) is 0 Å². The molecule has 0 spiro atoms. The zero-order chi connectivity index (χ0) is 16.8. The molecule has 1 saturated heterocycles. The van der Waals surface area contributed by atoms with Crippen LogP contribution in [0.25, 0.3) is 0 Å². The summed E-state index contributed by atoms with van der Waals surface area (Å²) in [5.41, 5.74) is 3.70. The maximum atomic E-state index is 5.58. The van der Waals surface area contributed by atoms with Crippen molar-refractivity contribution in [1.82, 2.24) is 5.32 Å². The maximum absolute atomic E-state index is 5.58. The number of rotatable bonds is 4. The van der Waals surface area contributed by atoms with Crippen molar-refractivity contribution in [3.8, 4) is 0 Å². The largest absolute Gasteiger partial charge is 0.381 e. The van der Waals surface area contributed by atoms with Crippen molar-refractivity contribution in [2.45, 2.75) is 25.2 Å². The summed E-state index contributed by atoms with van der Waals surface area (Å²) in [4.78, 5) is 0. The summed E-state index contributed by atoms with van der Waals surface area (Å²) < 4.78 is 5.58. The Morgan fingerprint density at radius 2 is 1.71 bits per heavy atom. The highest BCUT2D eigenvalue weighted by Crippen LogP contribution is 2.34. The first-order chi connectivity index (χ1) is 11.7. The molecule has 2 aromatic carbocycles. The van der Waals surface area contributed by atoms with Crippen LogP contribution in [0.1, 0.15) is 24.0 Å². The van der Waals surface area contributed by atoms with Crippen LogP contribution in [0.3, 0.4) is 0 Å². The summed E-state index contributed by atoms with van der Waals surface area (Å²) >= 11 is 5.48. The van der Waals surface area contributed by atoms with Crippen molar-refractivity contribution in [2.75, 3.05) is 25.1 Å². The van der Waals surface area contributed by atoms with Crippen molar-refractivity contribution in [3.05, 3.63) is 65.7 Å². The van der Waals surface area contributed by atoms with Gasteiger partial charge in [0.1, 0.15) is 0 Å². The Kier molecular flexibility index (Phi) is 5.48. The highest BCUT2D eigenvalue weighted by molar-refractivity contribution is 7.80. The Hall–Kier alpha value is -1.91. The Balaban J connectivity index is 1.65. The lowest BCUT2D eigenvalue weighted by atomic mass is 9.74. The van der Waals surface area contributed by atoms with E-state index in [1.165, 1.54) is 11.1 Å². The number of benzene rings is 2. The molecule has 1 heterocycles. The number of nitrogens with one attached hydrogen (secondary N) is 2. The molecule has 0 bridgehead atoms. The number of thiocarbonyl (C=S) groups is 1. The fourth-order valence-electron chi connectivity index (χ4n) is 3.18. The van der Waals surface area contributed by atoms with Gasteiger partial charge in [-0.15, -0.1) is 0 Å². The lowest BCUT2D eigenvalue weighted by Gasteiger charge is -2.38. The fraction of sp³-hybridized carbons (Fsp3) is 0.350. The number of hydrogen-bond donors (Lipinski definition) is 2. The molecule has 0 aliphatic carbocycles. The summed E-state index contributed by atoms with van der Waals surface area (Å²) in [6, 6.07) is 18.9. The quantitative estimate of drug-likeness (QED) is 0.824. The van der Waals surface area contributed by atoms with E-state index in [-0.39, 0.29) is 5.41 Å². The standard InChI is InChI=1S/C20H24N2OS/c1-16-7-9-18(10-8-16)22-19(24)21-15-20(11-13-23-14-12-20)17-5-3-2-4-6-17/h2-10H,11-15H2,1H3,(H2,21,22,24). The molecule has 0 radical (unpaired) electrons. The summed E-state index contributed by atoms with van der Waals surface area (Å²) in [7, 11) is 0. The third kappa shape index (κ3) is 4.13. The molecule has 1 aliphatic rings. The maximum Gasteiger partial charge on any atom is 0.170 e. The van der Waals surface area contributed by atoms with Crippen LogP contribution in [0.5, 0.6) is 0 Å². The van der Waals surface area contributed by atoms with Crippen LogP contribution in [-0.4, -0.2) is 24.9 Å². The number of aryl methyl sites for hydroxylation is 1. The van der Waals surface area contributed by atoms with Crippen LogP contribution in [0.15, 0.2) is 54.6 Å². The molecule has 3 rings (SSSR count). The Morgan fingerprint density at radius 1 is 1.04 bits per heavy atom. The first kappa shape index (κ1) is 16.9. The van der Waals surface area contributed by atoms with E-state index in [0.29, 0.717) is 5.11 Å². The molecule has 1 aliphatic heterocycles. The molecule has 0 unspecified atom stereocenters. The van der Waals surface area contributed by atoms with Gasteiger partial charge in [-0.2, -0.15) is 0 Å². The Bertz CT molecular complexity index is 664. The highest BCUT2D eigenvalue weighted by Gasteiger charge is 2.34. The molecule has 2 aromatic rings. The van der Waals surface area contributed by atoms with Gasteiger partial charge >= 0.3 is 0 Å². The first-order valence-corrected chi connectivity index (χ1v) is 8.84. The lowest BCUT2D eigenvalue weighted by molar-refractivity contribution is 0.0515. The van der Waals surface area contributed by atoms with E-state index in [0.717, 1.165) is 38.3 Å². The highest BCUT2D eigenvalue weighted by atomic mass is 32.1. The third-order valence-corrected chi connectivity index (χ3v) is 4.98. The van der Waals surface area contributed by atoms with Crippen LogP contribution < -0.4 is 10.6 Å². The molecule has 0 aromatic heterocycles. The van der Waals surface area contributed by atoms with Gasteiger partial charge in [0.2, 0.25) is 0 Å². The molecular formula is C20H24N2OS. The molecule has 24 heavy (non-hydrogen) atoms.